The van der Waals surface area contributed by atoms with E-state index in [1.165, 1.54) is 5.56 Å². The van der Waals surface area contributed by atoms with Gasteiger partial charge in [0.1, 0.15) is 18.0 Å². The number of nitrogens with zero attached hydrogens (tertiary/aromatic N) is 2. The summed E-state index contributed by atoms with van der Waals surface area (Å²) in [6.45, 7) is 6.42. The molecular formula is C15H28N4OS. The first-order valence-corrected chi connectivity index (χ1v) is 8.99. The van der Waals surface area contributed by atoms with Crippen molar-refractivity contribution in [2.45, 2.75) is 39.5 Å². The smallest absolute Gasteiger partial charge is 0.134 e. The van der Waals surface area contributed by atoms with Crippen LogP contribution in [-0.4, -0.2) is 46.3 Å². The number of hydrogen-bond acceptors (Lipinski definition) is 6. The first-order chi connectivity index (χ1) is 10.3. The van der Waals surface area contributed by atoms with Crippen molar-refractivity contribution in [2.24, 2.45) is 0 Å². The third-order valence-corrected chi connectivity index (χ3v) is 4.04. The summed E-state index contributed by atoms with van der Waals surface area (Å²) in [5.74, 6) is 3.94. The van der Waals surface area contributed by atoms with E-state index in [1.807, 2.05) is 11.8 Å². The lowest BCUT2D eigenvalue weighted by Crippen LogP contribution is -2.12. The highest BCUT2D eigenvalue weighted by Gasteiger charge is 2.09. The molecule has 0 amide bonds. The Labute approximate surface area is 132 Å². The zero-order valence-electron chi connectivity index (χ0n) is 13.2. The van der Waals surface area contributed by atoms with Gasteiger partial charge in [-0.05, 0) is 25.0 Å². The third kappa shape index (κ3) is 7.00. The van der Waals surface area contributed by atoms with E-state index in [0.717, 1.165) is 61.9 Å². The quantitative estimate of drug-likeness (QED) is 0.516. The maximum Gasteiger partial charge on any atom is 0.134 e. The van der Waals surface area contributed by atoms with Gasteiger partial charge in [-0.1, -0.05) is 20.3 Å². The third-order valence-electron chi connectivity index (χ3n) is 2.97. The van der Waals surface area contributed by atoms with Gasteiger partial charge < -0.3 is 15.7 Å². The average Bonchev–Trinajstić information content (AvgIpc) is 2.50. The van der Waals surface area contributed by atoms with Gasteiger partial charge in [-0.15, -0.1) is 0 Å². The monoisotopic (exact) mass is 312 g/mol. The molecule has 0 unspecified atom stereocenters. The van der Waals surface area contributed by atoms with Crippen molar-refractivity contribution in [3.05, 3.63) is 11.9 Å². The average molecular weight is 312 g/mol. The van der Waals surface area contributed by atoms with E-state index in [9.17, 15) is 0 Å². The Morgan fingerprint density at radius 3 is 2.38 bits per heavy atom. The van der Waals surface area contributed by atoms with Crippen LogP contribution < -0.4 is 10.6 Å². The molecule has 5 nitrogen and oxygen atoms in total. The summed E-state index contributed by atoms with van der Waals surface area (Å²) >= 11 is 1.85. The molecule has 0 radical (unpaired) electrons. The topological polar surface area (TPSA) is 70.1 Å². The summed E-state index contributed by atoms with van der Waals surface area (Å²) in [7, 11) is 0. The van der Waals surface area contributed by atoms with Gasteiger partial charge in [-0.25, -0.2) is 9.97 Å². The number of nitrogens with one attached hydrogen (secondary N) is 2. The Bertz CT molecular complexity index is 390. The standard InChI is InChI=1S/C15H28N4OS/c1-3-6-13-14(16-7-4-2)18-12-19-15(13)17-8-11-21-10-5-9-20/h12,20H,3-11H2,1-2H3,(H2,16,17,18,19). The van der Waals surface area contributed by atoms with Crippen molar-refractivity contribution in [1.29, 1.82) is 0 Å². The van der Waals surface area contributed by atoms with E-state index in [0.29, 0.717) is 0 Å². The van der Waals surface area contributed by atoms with Crippen molar-refractivity contribution in [2.75, 3.05) is 41.8 Å². The fourth-order valence-electron chi connectivity index (χ4n) is 1.96. The predicted molar refractivity (Wildman–Crippen MR) is 92.3 cm³/mol. The molecule has 1 heterocycles. The number of thioether (sulfide) groups is 1. The van der Waals surface area contributed by atoms with Crippen LogP contribution >= 0.6 is 11.8 Å². The summed E-state index contributed by atoms with van der Waals surface area (Å²) < 4.78 is 0. The molecule has 6 heteroatoms. The Morgan fingerprint density at radius 2 is 1.76 bits per heavy atom. The van der Waals surface area contributed by atoms with Gasteiger partial charge in [-0.3, -0.25) is 0 Å². The molecule has 0 bridgehead atoms. The van der Waals surface area contributed by atoms with Crippen molar-refractivity contribution in [1.82, 2.24) is 9.97 Å². The normalized spacial score (nSPS) is 10.6. The molecule has 21 heavy (non-hydrogen) atoms. The summed E-state index contributed by atoms with van der Waals surface area (Å²) in [5, 5.41) is 15.5. The summed E-state index contributed by atoms with van der Waals surface area (Å²) in [4.78, 5) is 8.76. The number of rotatable bonds is 12. The van der Waals surface area contributed by atoms with Crippen LogP contribution in [0.15, 0.2) is 6.33 Å². The van der Waals surface area contributed by atoms with Crippen LogP contribution in [0.4, 0.5) is 11.6 Å². The molecule has 0 saturated carbocycles. The van der Waals surface area contributed by atoms with Crippen molar-refractivity contribution in [3.63, 3.8) is 0 Å². The van der Waals surface area contributed by atoms with Crippen molar-refractivity contribution >= 4 is 23.4 Å². The number of anilines is 2. The molecule has 0 aliphatic heterocycles. The van der Waals surface area contributed by atoms with Crippen molar-refractivity contribution < 1.29 is 5.11 Å². The highest BCUT2D eigenvalue weighted by Crippen LogP contribution is 2.21. The Hall–Kier alpha value is -1.01. The van der Waals surface area contributed by atoms with Gasteiger partial charge in [0.05, 0.1) is 0 Å². The van der Waals surface area contributed by atoms with Crippen LogP contribution in [0, 0.1) is 0 Å². The van der Waals surface area contributed by atoms with Crippen LogP contribution in [0.2, 0.25) is 0 Å². The Kier molecular flexibility index (Phi) is 9.99. The SMILES string of the molecule is CCCNc1ncnc(NCCSCCCO)c1CCC. The maximum absolute atomic E-state index is 8.74. The van der Waals surface area contributed by atoms with E-state index in [-0.39, 0.29) is 6.61 Å². The van der Waals surface area contributed by atoms with Gasteiger partial charge in [0.2, 0.25) is 0 Å². The van der Waals surface area contributed by atoms with E-state index in [4.69, 9.17) is 5.11 Å². The molecule has 120 valence electrons. The first-order valence-electron chi connectivity index (χ1n) is 7.83. The summed E-state index contributed by atoms with van der Waals surface area (Å²) in [6.07, 6.45) is 5.63. The number of aliphatic hydroxyl groups excluding tert-OH is 1. The molecule has 1 aromatic rings. The number of aliphatic hydroxyl groups is 1. The minimum Gasteiger partial charge on any atom is -0.396 e. The minimum atomic E-state index is 0.277. The van der Waals surface area contributed by atoms with Gasteiger partial charge in [-0.2, -0.15) is 11.8 Å². The fraction of sp³-hybridized carbons (Fsp3) is 0.733. The van der Waals surface area contributed by atoms with Crippen LogP contribution in [0.1, 0.15) is 38.7 Å². The Balaban J connectivity index is 2.54. The lowest BCUT2D eigenvalue weighted by Gasteiger charge is -2.14. The van der Waals surface area contributed by atoms with Gasteiger partial charge in [0, 0.05) is 31.0 Å². The molecule has 1 rings (SSSR count). The molecule has 0 atom stereocenters. The highest BCUT2D eigenvalue weighted by atomic mass is 32.2. The van der Waals surface area contributed by atoms with Gasteiger partial charge in [0.25, 0.3) is 0 Å². The molecule has 0 aliphatic rings. The lowest BCUT2D eigenvalue weighted by atomic mass is 10.1. The molecular weight excluding hydrogens is 284 g/mol. The molecule has 0 spiro atoms. The van der Waals surface area contributed by atoms with E-state index in [2.05, 4.69) is 34.4 Å². The van der Waals surface area contributed by atoms with Gasteiger partial charge >= 0.3 is 0 Å². The van der Waals surface area contributed by atoms with Gasteiger partial charge in [0.15, 0.2) is 0 Å². The molecule has 0 aromatic carbocycles. The second-order valence-corrected chi connectivity index (χ2v) is 6.07. The van der Waals surface area contributed by atoms with E-state index >= 15 is 0 Å². The lowest BCUT2D eigenvalue weighted by molar-refractivity contribution is 0.296. The zero-order valence-corrected chi connectivity index (χ0v) is 14.0. The largest absolute Gasteiger partial charge is 0.396 e. The Morgan fingerprint density at radius 1 is 1.05 bits per heavy atom. The van der Waals surface area contributed by atoms with Crippen LogP contribution in [-0.2, 0) is 6.42 Å². The second-order valence-electron chi connectivity index (χ2n) is 4.84. The summed E-state index contributed by atoms with van der Waals surface area (Å²) in [5.41, 5.74) is 1.19. The molecule has 0 fully saturated rings. The van der Waals surface area contributed by atoms with Crippen LogP contribution in [0.25, 0.3) is 0 Å². The minimum absolute atomic E-state index is 0.277. The molecule has 0 aliphatic carbocycles. The first kappa shape index (κ1) is 18.0. The predicted octanol–water partition coefficient (Wildman–Crippen LogP) is 2.78. The fourth-order valence-corrected chi connectivity index (χ4v) is 2.74. The summed E-state index contributed by atoms with van der Waals surface area (Å²) in [6, 6.07) is 0. The van der Waals surface area contributed by atoms with Crippen LogP contribution in [0.5, 0.6) is 0 Å². The maximum atomic E-state index is 8.74. The van der Waals surface area contributed by atoms with Crippen molar-refractivity contribution in [3.8, 4) is 0 Å². The highest BCUT2D eigenvalue weighted by molar-refractivity contribution is 7.99. The molecule has 0 saturated heterocycles. The van der Waals surface area contributed by atoms with E-state index < -0.39 is 0 Å². The van der Waals surface area contributed by atoms with E-state index in [1.54, 1.807) is 6.33 Å². The number of aromatic nitrogens is 2. The van der Waals surface area contributed by atoms with Crippen LogP contribution in [0.3, 0.4) is 0 Å². The molecule has 3 N–H and O–H groups in total. The second kappa shape index (κ2) is 11.6. The number of hydrogen-bond donors (Lipinski definition) is 3. The zero-order chi connectivity index (χ0) is 15.3. The molecule has 1 aromatic heterocycles.